The molecule has 0 fully saturated rings. The van der Waals surface area contributed by atoms with E-state index in [1.807, 2.05) is 42.5 Å². The monoisotopic (exact) mass is 353 g/mol. The molecule has 0 bridgehead atoms. The quantitative estimate of drug-likeness (QED) is 0.153. The minimum absolute atomic E-state index is 0.0319. The Labute approximate surface area is 155 Å². The highest BCUT2D eigenvalue weighted by Gasteiger charge is 2.09. The Balaban J connectivity index is 1.77. The van der Waals surface area contributed by atoms with Crippen LogP contribution in [0.15, 0.2) is 84.9 Å². The van der Waals surface area contributed by atoms with Crippen molar-refractivity contribution in [2.75, 3.05) is 0 Å². The fraction of sp³-hybridized carbons (Fsp3) is 0. The lowest BCUT2D eigenvalue weighted by Gasteiger charge is -2.08. The summed E-state index contributed by atoms with van der Waals surface area (Å²) in [6, 6.07) is 23.9. The van der Waals surface area contributed by atoms with Crippen molar-refractivity contribution in [3.8, 4) is 0 Å². The van der Waals surface area contributed by atoms with Crippen LogP contribution >= 0.6 is 0 Å². The molecule has 4 heteroatoms. The second-order valence-electron chi connectivity index (χ2n) is 6.23. The summed E-state index contributed by atoms with van der Waals surface area (Å²) >= 11 is 0. The number of benzene rings is 4. The molecule has 0 aliphatic carbocycles. The molecule has 0 aromatic heterocycles. The molecule has 0 saturated heterocycles. The number of nitro benzene ring substituents is 1. The molecule has 4 aromatic rings. The van der Waals surface area contributed by atoms with E-state index in [1.54, 1.807) is 0 Å². The van der Waals surface area contributed by atoms with E-state index in [9.17, 15) is 14.9 Å². The molecule has 0 amide bonds. The maximum absolute atomic E-state index is 12.5. The van der Waals surface area contributed by atoms with Crippen molar-refractivity contribution in [3.05, 3.63) is 106 Å². The van der Waals surface area contributed by atoms with E-state index >= 15 is 0 Å². The van der Waals surface area contributed by atoms with Gasteiger partial charge in [-0.15, -0.1) is 0 Å². The second kappa shape index (κ2) is 6.84. The highest BCUT2D eigenvalue weighted by atomic mass is 16.6. The third kappa shape index (κ3) is 3.20. The van der Waals surface area contributed by atoms with Crippen molar-refractivity contribution in [2.45, 2.75) is 0 Å². The summed E-state index contributed by atoms with van der Waals surface area (Å²) < 4.78 is 0. The molecule has 4 rings (SSSR count). The number of non-ortho nitro benzene ring substituents is 1. The van der Waals surface area contributed by atoms with Crippen LogP contribution in [0.25, 0.3) is 27.6 Å². The van der Waals surface area contributed by atoms with Crippen molar-refractivity contribution >= 4 is 39.1 Å². The van der Waals surface area contributed by atoms with Crippen LogP contribution in [0.3, 0.4) is 0 Å². The summed E-state index contributed by atoms with van der Waals surface area (Å²) in [5, 5.41) is 15.1. The zero-order chi connectivity index (χ0) is 18.8. The Hall–Kier alpha value is -3.79. The number of ketones is 1. The van der Waals surface area contributed by atoms with Gasteiger partial charge in [0.15, 0.2) is 5.78 Å². The van der Waals surface area contributed by atoms with Gasteiger partial charge in [0.1, 0.15) is 0 Å². The van der Waals surface area contributed by atoms with Gasteiger partial charge in [0.2, 0.25) is 0 Å². The average molecular weight is 353 g/mol. The van der Waals surface area contributed by atoms with Gasteiger partial charge in [0, 0.05) is 17.7 Å². The fourth-order valence-electron chi connectivity index (χ4n) is 3.23. The summed E-state index contributed by atoms with van der Waals surface area (Å²) in [4.78, 5) is 22.8. The molecule has 0 atom stereocenters. The number of carbonyl (C=O) groups is 1. The van der Waals surface area contributed by atoms with Crippen LogP contribution in [0.1, 0.15) is 15.9 Å². The number of hydrogen-bond acceptors (Lipinski definition) is 3. The molecule has 0 aliphatic rings. The van der Waals surface area contributed by atoms with Gasteiger partial charge >= 0.3 is 0 Å². The minimum Gasteiger partial charge on any atom is -0.289 e. The van der Waals surface area contributed by atoms with Crippen molar-refractivity contribution in [1.29, 1.82) is 0 Å². The van der Waals surface area contributed by atoms with Gasteiger partial charge in [-0.1, -0.05) is 48.5 Å². The van der Waals surface area contributed by atoms with E-state index in [0.717, 1.165) is 27.1 Å². The van der Waals surface area contributed by atoms with E-state index < -0.39 is 4.92 Å². The second-order valence-corrected chi connectivity index (χ2v) is 6.23. The van der Waals surface area contributed by atoms with Crippen molar-refractivity contribution < 1.29 is 9.72 Å². The lowest BCUT2D eigenvalue weighted by Crippen LogP contribution is -1.95. The Morgan fingerprint density at radius 2 is 1.37 bits per heavy atom. The summed E-state index contributed by atoms with van der Waals surface area (Å²) in [6.45, 7) is 0. The Kier molecular flexibility index (Phi) is 4.22. The first-order chi connectivity index (χ1) is 13.1. The summed E-state index contributed by atoms with van der Waals surface area (Å²) in [5.41, 5.74) is 1.37. The standard InChI is InChI=1S/C23H15NO3/c25-23(16-9-11-19(12-10-16)24(26)27)14-13-22-20-7-3-1-5-17(20)15-18-6-2-4-8-21(18)22/h1-15H/b14-13+. The van der Waals surface area contributed by atoms with Gasteiger partial charge in [-0.25, -0.2) is 0 Å². The molecule has 0 heterocycles. The first-order valence-corrected chi connectivity index (χ1v) is 8.51. The van der Waals surface area contributed by atoms with Crippen LogP contribution in [-0.2, 0) is 0 Å². The van der Waals surface area contributed by atoms with Gasteiger partial charge in [-0.2, -0.15) is 0 Å². The predicted molar refractivity (Wildman–Crippen MR) is 108 cm³/mol. The lowest BCUT2D eigenvalue weighted by molar-refractivity contribution is -0.384. The molecule has 0 aliphatic heterocycles. The number of carbonyl (C=O) groups excluding carboxylic acids is 1. The lowest BCUT2D eigenvalue weighted by atomic mass is 9.96. The predicted octanol–water partition coefficient (Wildman–Crippen LogP) is 5.80. The van der Waals surface area contributed by atoms with Crippen LogP contribution in [0, 0.1) is 10.1 Å². The molecule has 0 spiro atoms. The van der Waals surface area contributed by atoms with E-state index in [2.05, 4.69) is 18.2 Å². The highest BCUT2D eigenvalue weighted by molar-refractivity contribution is 6.11. The van der Waals surface area contributed by atoms with E-state index in [0.29, 0.717) is 5.56 Å². The molecular formula is C23H15NO3. The first-order valence-electron chi connectivity index (χ1n) is 8.51. The smallest absolute Gasteiger partial charge is 0.269 e. The van der Waals surface area contributed by atoms with E-state index in [4.69, 9.17) is 0 Å². The van der Waals surface area contributed by atoms with Crippen LogP contribution < -0.4 is 0 Å². The van der Waals surface area contributed by atoms with Crippen molar-refractivity contribution in [1.82, 2.24) is 0 Å². The Bertz CT molecular complexity index is 1150. The third-order valence-corrected chi connectivity index (χ3v) is 4.58. The minimum atomic E-state index is -0.480. The number of nitro groups is 1. The Morgan fingerprint density at radius 3 is 1.93 bits per heavy atom. The van der Waals surface area contributed by atoms with Crippen molar-refractivity contribution in [3.63, 3.8) is 0 Å². The molecule has 0 radical (unpaired) electrons. The Morgan fingerprint density at radius 1 is 0.815 bits per heavy atom. The molecule has 0 saturated carbocycles. The number of nitrogens with zero attached hydrogens (tertiary/aromatic N) is 1. The van der Waals surface area contributed by atoms with Gasteiger partial charge in [0.05, 0.1) is 4.92 Å². The SMILES string of the molecule is O=C(/C=C/c1c2ccccc2cc2ccccc12)c1ccc([N+](=O)[O-])cc1. The van der Waals surface area contributed by atoms with Gasteiger partial charge < -0.3 is 0 Å². The zero-order valence-corrected chi connectivity index (χ0v) is 14.3. The molecule has 4 aromatic carbocycles. The molecule has 27 heavy (non-hydrogen) atoms. The average Bonchev–Trinajstić information content (AvgIpc) is 2.71. The zero-order valence-electron chi connectivity index (χ0n) is 14.3. The van der Waals surface area contributed by atoms with E-state index in [-0.39, 0.29) is 11.5 Å². The topological polar surface area (TPSA) is 60.2 Å². The summed E-state index contributed by atoms with van der Waals surface area (Å²) in [7, 11) is 0. The van der Waals surface area contributed by atoms with Crippen molar-refractivity contribution in [2.24, 2.45) is 0 Å². The molecule has 0 unspecified atom stereocenters. The fourth-order valence-corrected chi connectivity index (χ4v) is 3.23. The van der Waals surface area contributed by atoms with E-state index in [1.165, 1.54) is 30.3 Å². The molecule has 130 valence electrons. The number of rotatable bonds is 4. The third-order valence-electron chi connectivity index (χ3n) is 4.58. The van der Waals surface area contributed by atoms with Crippen LogP contribution in [0.2, 0.25) is 0 Å². The van der Waals surface area contributed by atoms with Gasteiger partial charge in [-0.05, 0) is 57.5 Å². The van der Waals surface area contributed by atoms with Crippen LogP contribution in [0.4, 0.5) is 5.69 Å². The number of allylic oxidation sites excluding steroid dienone is 1. The largest absolute Gasteiger partial charge is 0.289 e. The summed E-state index contributed by atoms with van der Waals surface area (Å²) in [6.07, 6.45) is 3.35. The summed E-state index contributed by atoms with van der Waals surface area (Å²) in [5.74, 6) is -0.193. The number of hydrogen-bond donors (Lipinski definition) is 0. The first kappa shape index (κ1) is 16.7. The van der Waals surface area contributed by atoms with Crippen LogP contribution in [0.5, 0.6) is 0 Å². The maximum atomic E-state index is 12.5. The highest BCUT2D eigenvalue weighted by Crippen LogP contribution is 2.29. The van der Waals surface area contributed by atoms with Gasteiger partial charge in [0.25, 0.3) is 5.69 Å². The van der Waals surface area contributed by atoms with Crippen LogP contribution in [-0.4, -0.2) is 10.7 Å². The molecular weight excluding hydrogens is 338 g/mol. The molecule has 0 N–H and O–H groups in total. The van der Waals surface area contributed by atoms with Gasteiger partial charge in [-0.3, -0.25) is 14.9 Å². The normalized spacial score (nSPS) is 11.3. The molecule has 4 nitrogen and oxygen atoms in total. The number of fused-ring (bicyclic) bond motifs is 2. The maximum Gasteiger partial charge on any atom is 0.269 e.